The summed E-state index contributed by atoms with van der Waals surface area (Å²) in [7, 11) is 7.61. The van der Waals surface area contributed by atoms with Gasteiger partial charge in [0.25, 0.3) is 0 Å². The molecule has 0 bridgehead atoms. The van der Waals surface area contributed by atoms with Gasteiger partial charge >= 0.3 is 0 Å². The highest BCUT2D eigenvalue weighted by molar-refractivity contribution is 6.04. The molecule has 1 aliphatic heterocycles. The van der Waals surface area contributed by atoms with E-state index in [1.54, 1.807) is 19.2 Å². The van der Waals surface area contributed by atoms with E-state index < -0.39 is 0 Å². The summed E-state index contributed by atoms with van der Waals surface area (Å²) in [5, 5.41) is 12.6. The highest BCUT2D eigenvalue weighted by atomic mass is 16.5. The molecular weight excluding hydrogens is 313 g/mol. The number of hydrogen-bond donors (Lipinski definition) is 1. The second-order valence-electron chi connectivity index (χ2n) is 6.02. The van der Waals surface area contributed by atoms with E-state index in [0.29, 0.717) is 23.1 Å². The summed E-state index contributed by atoms with van der Waals surface area (Å²) in [4.78, 5) is 1.88. The molecule has 3 rings (SSSR count). The number of rotatable bonds is 6. The molecule has 1 atom stereocenters. The highest BCUT2D eigenvalue weighted by Crippen LogP contribution is 2.32. The van der Waals surface area contributed by atoms with Crippen molar-refractivity contribution >= 4 is 13.7 Å². The third kappa shape index (κ3) is 4.26. The van der Waals surface area contributed by atoms with Gasteiger partial charge < -0.3 is 19.6 Å². The van der Waals surface area contributed by atoms with E-state index in [2.05, 4.69) is 11.4 Å². The summed E-state index contributed by atoms with van der Waals surface area (Å²) in [5.74, 6) is 2.06. The second kappa shape index (κ2) is 7.95. The van der Waals surface area contributed by atoms with Crippen LogP contribution in [0, 0.1) is 11.3 Å². The summed E-state index contributed by atoms with van der Waals surface area (Å²) in [5.41, 5.74) is 1.39. The molecule has 1 fully saturated rings. The highest BCUT2D eigenvalue weighted by Gasteiger charge is 2.20. The number of anilines is 1. The molecule has 1 saturated heterocycles. The number of nitrogens with one attached hydrogen (secondary N) is 1. The fraction of sp³-hybridized carbons (Fsp3) is 0.316. The average molecular weight is 333 g/mol. The third-order valence-corrected chi connectivity index (χ3v) is 4.35. The van der Waals surface area contributed by atoms with Crippen LogP contribution in [0.15, 0.2) is 42.5 Å². The van der Waals surface area contributed by atoms with Gasteiger partial charge in [-0.3, -0.25) is 0 Å². The van der Waals surface area contributed by atoms with Crippen molar-refractivity contribution in [1.29, 1.82) is 5.26 Å². The Morgan fingerprint density at radius 2 is 2.00 bits per heavy atom. The van der Waals surface area contributed by atoms with Gasteiger partial charge in [0, 0.05) is 18.7 Å². The maximum atomic E-state index is 9.16. The Hall–Kier alpha value is -2.65. The predicted molar refractivity (Wildman–Crippen MR) is 98.2 cm³/mol. The number of nitrogens with zero attached hydrogens (tertiary/aromatic N) is 2. The Balaban J connectivity index is 1.76. The first-order valence-corrected chi connectivity index (χ1v) is 8.31. The van der Waals surface area contributed by atoms with Gasteiger partial charge in [0.2, 0.25) is 0 Å². The summed E-state index contributed by atoms with van der Waals surface area (Å²) in [6.45, 7) is 1.66. The molecular formula is C19H20BN3O2. The molecule has 0 amide bonds. The lowest BCUT2D eigenvalue weighted by Crippen LogP contribution is -2.32. The normalized spacial score (nSPS) is 17.0. The molecule has 5 nitrogen and oxygen atoms in total. The van der Waals surface area contributed by atoms with Crippen molar-refractivity contribution in [2.24, 2.45) is 0 Å². The molecule has 2 aromatic carbocycles. The zero-order valence-electron chi connectivity index (χ0n) is 14.2. The van der Waals surface area contributed by atoms with Crippen LogP contribution >= 0.6 is 0 Å². The van der Waals surface area contributed by atoms with Gasteiger partial charge in [-0.05, 0) is 55.8 Å². The predicted octanol–water partition coefficient (Wildman–Crippen LogP) is 3.32. The van der Waals surface area contributed by atoms with Crippen LogP contribution in [0.25, 0.3) is 0 Å². The molecule has 0 aromatic heterocycles. The molecule has 2 aromatic rings. The Morgan fingerprint density at radius 3 is 2.64 bits per heavy atom. The van der Waals surface area contributed by atoms with Crippen LogP contribution in [-0.2, 0) is 0 Å². The minimum absolute atomic E-state index is 0.310. The number of ether oxygens (including phenoxy) is 2. The molecule has 0 aliphatic carbocycles. The Kier molecular flexibility index (Phi) is 5.47. The average Bonchev–Trinajstić information content (AvgIpc) is 3.06. The molecule has 6 heteroatoms. The minimum Gasteiger partial charge on any atom is -0.497 e. The first-order valence-electron chi connectivity index (χ1n) is 8.31. The zero-order valence-corrected chi connectivity index (χ0v) is 14.2. The summed E-state index contributed by atoms with van der Waals surface area (Å²) in [6.07, 6.45) is 2.19. The maximum absolute atomic E-state index is 9.16. The molecule has 1 aliphatic rings. The lowest BCUT2D eigenvalue weighted by atomic mass is 10.1. The smallest absolute Gasteiger partial charge is 0.182 e. The van der Waals surface area contributed by atoms with Crippen molar-refractivity contribution in [3.8, 4) is 23.3 Å². The summed E-state index contributed by atoms with van der Waals surface area (Å²) in [6, 6.07) is 15.2. The molecule has 1 N–H and O–H groups in total. The van der Waals surface area contributed by atoms with Gasteiger partial charge in [-0.1, -0.05) is 0 Å². The number of hydrogen-bond acceptors (Lipinski definition) is 5. The Labute approximate surface area is 149 Å². The first kappa shape index (κ1) is 17.2. The minimum atomic E-state index is 0.310. The first-order chi connectivity index (χ1) is 12.2. The molecule has 0 saturated carbocycles. The van der Waals surface area contributed by atoms with Crippen LogP contribution < -0.4 is 14.8 Å². The van der Waals surface area contributed by atoms with Gasteiger partial charge in [0.05, 0.1) is 24.4 Å². The topological polar surface area (TPSA) is 57.5 Å². The van der Waals surface area contributed by atoms with E-state index in [1.807, 2.05) is 35.1 Å². The monoisotopic (exact) mass is 333 g/mol. The van der Waals surface area contributed by atoms with Gasteiger partial charge in [-0.25, -0.2) is 0 Å². The number of methoxy groups -OCH3 is 1. The summed E-state index contributed by atoms with van der Waals surface area (Å²) >= 11 is 0. The van der Waals surface area contributed by atoms with Crippen molar-refractivity contribution in [2.75, 3.05) is 25.5 Å². The van der Waals surface area contributed by atoms with Gasteiger partial charge in [0.1, 0.15) is 11.5 Å². The molecule has 0 unspecified atom stereocenters. The second-order valence-corrected chi connectivity index (χ2v) is 6.02. The standard InChI is InChI=1S/C19H20BN3O2/c1-24-16-5-7-17(8-6-16)25-19-11-14(12-21)4-9-18(19)22-13-15-3-2-10-23(15)20/h4-9,11,15,22H,2-3,10,13H2,1H3/t15-/m0/s1. The van der Waals surface area contributed by atoms with E-state index in [1.165, 1.54) is 0 Å². The van der Waals surface area contributed by atoms with Crippen LogP contribution in [0.4, 0.5) is 5.69 Å². The third-order valence-electron chi connectivity index (χ3n) is 4.35. The van der Waals surface area contributed by atoms with Crippen molar-refractivity contribution in [3.63, 3.8) is 0 Å². The molecule has 25 heavy (non-hydrogen) atoms. The fourth-order valence-corrected chi connectivity index (χ4v) is 2.90. The summed E-state index contributed by atoms with van der Waals surface area (Å²) < 4.78 is 11.1. The van der Waals surface area contributed by atoms with Gasteiger partial charge in [0.15, 0.2) is 13.7 Å². The van der Waals surface area contributed by atoms with Crippen molar-refractivity contribution in [1.82, 2.24) is 4.81 Å². The Bertz CT molecular complexity index is 758. The SMILES string of the molecule is [B]N1CCC[C@H]1CNc1ccc(C#N)cc1Oc1ccc(OC)cc1. The van der Waals surface area contributed by atoms with Crippen molar-refractivity contribution < 1.29 is 9.47 Å². The van der Waals surface area contributed by atoms with E-state index in [4.69, 9.17) is 22.7 Å². The molecule has 0 spiro atoms. The van der Waals surface area contributed by atoms with E-state index in [-0.39, 0.29) is 0 Å². The van der Waals surface area contributed by atoms with Crippen molar-refractivity contribution in [2.45, 2.75) is 18.9 Å². The lowest BCUT2D eigenvalue weighted by Gasteiger charge is -2.22. The number of nitriles is 1. The number of benzene rings is 2. The quantitative estimate of drug-likeness (QED) is 0.822. The molecule has 1 heterocycles. The van der Waals surface area contributed by atoms with E-state index in [9.17, 15) is 0 Å². The van der Waals surface area contributed by atoms with Crippen LogP contribution in [0.1, 0.15) is 18.4 Å². The van der Waals surface area contributed by atoms with Crippen LogP contribution in [0.5, 0.6) is 17.2 Å². The van der Waals surface area contributed by atoms with E-state index >= 15 is 0 Å². The van der Waals surface area contributed by atoms with Crippen LogP contribution in [-0.4, -0.2) is 39.0 Å². The fourth-order valence-electron chi connectivity index (χ4n) is 2.90. The Morgan fingerprint density at radius 1 is 1.24 bits per heavy atom. The largest absolute Gasteiger partial charge is 0.497 e. The van der Waals surface area contributed by atoms with Crippen LogP contribution in [0.3, 0.4) is 0 Å². The van der Waals surface area contributed by atoms with Gasteiger partial charge in [-0.15, -0.1) is 0 Å². The molecule has 2 radical (unpaired) electrons. The van der Waals surface area contributed by atoms with Gasteiger partial charge in [-0.2, -0.15) is 5.26 Å². The maximum Gasteiger partial charge on any atom is 0.182 e. The molecule has 126 valence electrons. The van der Waals surface area contributed by atoms with E-state index in [0.717, 1.165) is 37.4 Å². The van der Waals surface area contributed by atoms with Crippen LogP contribution in [0.2, 0.25) is 0 Å². The zero-order chi connectivity index (χ0) is 17.6. The van der Waals surface area contributed by atoms with Crippen molar-refractivity contribution in [3.05, 3.63) is 48.0 Å². The lowest BCUT2D eigenvalue weighted by molar-refractivity contribution is 0.413.